The molecule has 0 unspecified atom stereocenters. The maximum Gasteiger partial charge on any atom is 0.336 e. The number of thioether (sulfide) groups is 1. The molecule has 0 aliphatic rings. The molecule has 0 radical (unpaired) electrons. The third-order valence-electron chi connectivity index (χ3n) is 5.08. The summed E-state index contributed by atoms with van der Waals surface area (Å²) in [5, 5.41) is 12.0. The van der Waals surface area contributed by atoms with Crippen LogP contribution in [0.1, 0.15) is 5.56 Å². The molecule has 154 valence electrons. The van der Waals surface area contributed by atoms with E-state index in [4.69, 9.17) is 15.0 Å². The standard InChI is InChI=1S/C23H18N4O3S/c1-29-17-9-6-15(7-10-17)22-25-26-23(27(22)24)31-13-16-12-20(28)30-19-11-8-14-4-2-3-5-18(14)21(16)19/h2-12H,13,24H2,1H3. The molecular weight excluding hydrogens is 412 g/mol. The molecule has 0 spiro atoms. The number of ether oxygens (including phenoxy) is 1. The normalized spacial score (nSPS) is 11.3. The Hall–Kier alpha value is -3.78. The van der Waals surface area contributed by atoms with Crippen LogP contribution in [0.4, 0.5) is 0 Å². The minimum Gasteiger partial charge on any atom is -0.497 e. The Morgan fingerprint density at radius 2 is 1.87 bits per heavy atom. The van der Waals surface area contributed by atoms with Crippen molar-refractivity contribution >= 4 is 33.5 Å². The fourth-order valence-corrected chi connectivity index (χ4v) is 4.43. The van der Waals surface area contributed by atoms with Gasteiger partial charge < -0.3 is 15.0 Å². The summed E-state index contributed by atoms with van der Waals surface area (Å²) in [5.74, 6) is 8.06. The van der Waals surface area contributed by atoms with Crippen molar-refractivity contribution in [2.45, 2.75) is 10.9 Å². The van der Waals surface area contributed by atoms with E-state index in [-0.39, 0.29) is 5.63 Å². The van der Waals surface area contributed by atoms with E-state index in [0.29, 0.717) is 22.3 Å². The zero-order valence-corrected chi connectivity index (χ0v) is 17.4. The van der Waals surface area contributed by atoms with Crippen molar-refractivity contribution in [2.75, 3.05) is 13.0 Å². The average Bonchev–Trinajstić information content (AvgIpc) is 3.17. The summed E-state index contributed by atoms with van der Waals surface area (Å²) in [6, 6.07) is 20.8. The molecule has 0 saturated heterocycles. The van der Waals surface area contributed by atoms with Crippen LogP contribution in [-0.4, -0.2) is 22.0 Å². The highest BCUT2D eigenvalue weighted by molar-refractivity contribution is 7.98. The summed E-state index contributed by atoms with van der Waals surface area (Å²) in [7, 11) is 1.62. The molecule has 0 aliphatic heterocycles. The van der Waals surface area contributed by atoms with Crippen LogP contribution in [0.3, 0.4) is 0 Å². The smallest absolute Gasteiger partial charge is 0.336 e. The van der Waals surface area contributed by atoms with Gasteiger partial charge in [0.2, 0.25) is 5.16 Å². The van der Waals surface area contributed by atoms with Crippen LogP contribution >= 0.6 is 11.8 Å². The van der Waals surface area contributed by atoms with Crippen LogP contribution in [0.25, 0.3) is 33.1 Å². The van der Waals surface area contributed by atoms with E-state index in [0.717, 1.165) is 33.0 Å². The lowest BCUT2D eigenvalue weighted by Crippen LogP contribution is -2.11. The van der Waals surface area contributed by atoms with Crippen LogP contribution in [-0.2, 0) is 5.75 Å². The van der Waals surface area contributed by atoms with Crippen molar-refractivity contribution in [3.63, 3.8) is 0 Å². The molecule has 8 heteroatoms. The van der Waals surface area contributed by atoms with Gasteiger partial charge >= 0.3 is 5.63 Å². The van der Waals surface area contributed by atoms with E-state index >= 15 is 0 Å². The number of nitrogens with zero attached hydrogens (tertiary/aromatic N) is 3. The molecule has 0 atom stereocenters. The Bertz CT molecular complexity index is 1460. The highest BCUT2D eigenvalue weighted by Crippen LogP contribution is 2.31. The fraction of sp³-hybridized carbons (Fsp3) is 0.0870. The summed E-state index contributed by atoms with van der Waals surface area (Å²) >= 11 is 1.41. The Kier molecular flexibility index (Phi) is 4.83. The van der Waals surface area contributed by atoms with E-state index in [1.54, 1.807) is 7.11 Å². The zero-order chi connectivity index (χ0) is 21.4. The molecule has 5 rings (SSSR count). The number of hydrogen-bond acceptors (Lipinski definition) is 7. The van der Waals surface area contributed by atoms with Crippen molar-refractivity contribution in [3.8, 4) is 17.1 Å². The summed E-state index contributed by atoms with van der Waals surface area (Å²) < 4.78 is 12.1. The maximum absolute atomic E-state index is 12.1. The molecule has 0 amide bonds. The van der Waals surface area contributed by atoms with Gasteiger partial charge in [-0.25, -0.2) is 9.47 Å². The van der Waals surface area contributed by atoms with E-state index in [1.165, 1.54) is 22.5 Å². The molecule has 31 heavy (non-hydrogen) atoms. The van der Waals surface area contributed by atoms with Gasteiger partial charge in [-0.15, -0.1) is 10.2 Å². The monoisotopic (exact) mass is 430 g/mol. The van der Waals surface area contributed by atoms with Gasteiger partial charge in [-0.1, -0.05) is 42.1 Å². The number of nitrogen functional groups attached to an aromatic ring is 1. The third-order valence-corrected chi connectivity index (χ3v) is 6.08. The maximum atomic E-state index is 12.1. The van der Waals surface area contributed by atoms with Crippen molar-refractivity contribution in [2.24, 2.45) is 0 Å². The molecule has 2 aromatic heterocycles. The van der Waals surface area contributed by atoms with Crippen molar-refractivity contribution < 1.29 is 9.15 Å². The molecule has 5 aromatic rings. The molecule has 0 aliphatic carbocycles. The number of rotatable bonds is 5. The highest BCUT2D eigenvalue weighted by atomic mass is 32.2. The number of nitrogens with two attached hydrogens (primary N) is 1. The molecule has 0 fully saturated rings. The summed E-state index contributed by atoms with van der Waals surface area (Å²) in [5.41, 5.74) is 1.88. The predicted octanol–water partition coefficient (Wildman–Crippen LogP) is 4.22. The molecular formula is C23H18N4O3S. The van der Waals surface area contributed by atoms with Gasteiger partial charge in [0, 0.05) is 22.8 Å². The molecule has 7 nitrogen and oxygen atoms in total. The summed E-state index contributed by atoms with van der Waals surface area (Å²) in [6.07, 6.45) is 0. The summed E-state index contributed by atoms with van der Waals surface area (Å²) in [4.78, 5) is 12.1. The van der Waals surface area contributed by atoms with E-state index in [9.17, 15) is 4.79 Å². The third kappa shape index (κ3) is 3.51. The van der Waals surface area contributed by atoms with Crippen LogP contribution < -0.4 is 16.2 Å². The van der Waals surface area contributed by atoms with Crippen molar-refractivity contribution in [3.05, 3.63) is 82.7 Å². The first kappa shape index (κ1) is 19.2. The first-order chi connectivity index (χ1) is 15.1. The minimum atomic E-state index is -0.383. The van der Waals surface area contributed by atoms with E-state index < -0.39 is 0 Å². The second-order valence-electron chi connectivity index (χ2n) is 6.94. The van der Waals surface area contributed by atoms with Gasteiger partial charge in [0.1, 0.15) is 11.3 Å². The summed E-state index contributed by atoms with van der Waals surface area (Å²) in [6.45, 7) is 0. The Morgan fingerprint density at radius 1 is 1.06 bits per heavy atom. The van der Waals surface area contributed by atoms with Crippen LogP contribution in [0.2, 0.25) is 0 Å². The Labute approximate surface area is 181 Å². The predicted molar refractivity (Wildman–Crippen MR) is 122 cm³/mol. The van der Waals surface area contributed by atoms with Gasteiger partial charge in [0.25, 0.3) is 0 Å². The highest BCUT2D eigenvalue weighted by Gasteiger charge is 2.15. The first-order valence-electron chi connectivity index (χ1n) is 9.56. The van der Waals surface area contributed by atoms with Crippen LogP contribution in [0.15, 0.2) is 81.1 Å². The van der Waals surface area contributed by atoms with E-state index in [1.807, 2.05) is 60.7 Å². The molecule has 2 heterocycles. The van der Waals surface area contributed by atoms with Crippen molar-refractivity contribution in [1.82, 2.24) is 14.9 Å². The Morgan fingerprint density at radius 3 is 2.68 bits per heavy atom. The van der Waals surface area contributed by atoms with Crippen LogP contribution in [0.5, 0.6) is 5.75 Å². The SMILES string of the molecule is COc1ccc(-c2nnc(SCc3cc(=O)oc4ccc5ccccc5c34)n2N)cc1. The fourth-order valence-electron chi connectivity index (χ4n) is 3.59. The first-order valence-corrected chi connectivity index (χ1v) is 10.5. The molecule has 2 N–H and O–H groups in total. The lowest BCUT2D eigenvalue weighted by Gasteiger charge is -2.09. The quantitative estimate of drug-likeness (QED) is 0.193. The van der Waals surface area contributed by atoms with Gasteiger partial charge in [-0.3, -0.25) is 0 Å². The Balaban J connectivity index is 1.50. The number of aromatic nitrogens is 3. The van der Waals surface area contributed by atoms with Gasteiger partial charge in [0.05, 0.1) is 7.11 Å². The molecule has 0 bridgehead atoms. The second-order valence-corrected chi connectivity index (χ2v) is 7.89. The number of methoxy groups -OCH3 is 1. The molecule has 3 aromatic carbocycles. The van der Waals surface area contributed by atoms with Crippen molar-refractivity contribution in [1.29, 1.82) is 0 Å². The van der Waals surface area contributed by atoms with E-state index in [2.05, 4.69) is 10.2 Å². The lowest BCUT2D eigenvalue weighted by atomic mass is 10.0. The van der Waals surface area contributed by atoms with Gasteiger partial charge in [-0.2, -0.15) is 0 Å². The largest absolute Gasteiger partial charge is 0.497 e. The van der Waals surface area contributed by atoms with Gasteiger partial charge in [0.15, 0.2) is 5.82 Å². The molecule has 0 saturated carbocycles. The number of fused-ring (bicyclic) bond motifs is 3. The lowest BCUT2D eigenvalue weighted by molar-refractivity contribution is 0.415. The minimum absolute atomic E-state index is 0.383. The topological polar surface area (TPSA) is 96.2 Å². The second kappa shape index (κ2) is 7.81. The zero-order valence-electron chi connectivity index (χ0n) is 16.6. The average molecular weight is 430 g/mol. The number of hydrogen-bond donors (Lipinski definition) is 1. The number of benzene rings is 3. The van der Waals surface area contributed by atoms with Gasteiger partial charge in [-0.05, 0) is 46.7 Å². The van der Waals surface area contributed by atoms with Crippen LogP contribution in [0, 0.1) is 0 Å².